The smallest absolute Gasteiger partial charge is 0.275 e. The first kappa shape index (κ1) is 15.1. The lowest BCUT2D eigenvalue weighted by Crippen LogP contribution is -1.99. The van der Waals surface area contributed by atoms with Gasteiger partial charge < -0.3 is 0 Å². The van der Waals surface area contributed by atoms with E-state index in [0.29, 0.717) is 16.6 Å². The molecule has 5 rings (SSSR count). The topological polar surface area (TPSA) is 79.4 Å². The highest BCUT2D eigenvalue weighted by Gasteiger charge is 2.18. The van der Waals surface area contributed by atoms with Crippen molar-refractivity contribution in [2.24, 2.45) is 0 Å². The van der Waals surface area contributed by atoms with E-state index in [9.17, 15) is 4.79 Å². The molecule has 0 spiro atoms. The first-order chi connectivity index (χ1) is 12.7. The van der Waals surface area contributed by atoms with E-state index < -0.39 is 0 Å². The Hall–Kier alpha value is -3.19. The van der Waals surface area contributed by atoms with Gasteiger partial charge in [0.05, 0.1) is 22.2 Å². The molecular weight excluding hydrogens is 394 g/mol. The minimum atomic E-state index is -0.233. The van der Waals surface area contributed by atoms with Gasteiger partial charge >= 0.3 is 0 Å². The van der Waals surface area contributed by atoms with E-state index in [4.69, 9.17) is 0 Å². The summed E-state index contributed by atoms with van der Waals surface area (Å²) in [4.78, 5) is 16.6. The average Bonchev–Trinajstić information content (AvgIpc) is 3.24. The van der Waals surface area contributed by atoms with Gasteiger partial charge in [0, 0.05) is 16.2 Å². The highest BCUT2D eigenvalue weighted by Crippen LogP contribution is 2.32. The van der Waals surface area contributed by atoms with Gasteiger partial charge in [-0.1, -0.05) is 46.3 Å². The van der Waals surface area contributed by atoms with Crippen LogP contribution in [0.2, 0.25) is 0 Å². The Morgan fingerprint density at radius 1 is 1.00 bits per heavy atom. The molecule has 0 aliphatic carbocycles. The maximum Gasteiger partial charge on any atom is 0.275 e. The number of pyridine rings is 1. The quantitative estimate of drug-likeness (QED) is 0.465. The third-order valence-electron chi connectivity index (χ3n) is 4.38. The number of para-hydroxylation sites is 1. The summed E-state index contributed by atoms with van der Waals surface area (Å²) in [6.45, 7) is 0. The first-order valence-corrected chi connectivity index (χ1v) is 8.81. The number of H-pyrrole nitrogens is 2. The highest BCUT2D eigenvalue weighted by atomic mass is 79.9. The molecule has 0 amide bonds. The normalized spacial score (nSPS) is 11.4. The molecule has 2 N–H and O–H groups in total. The van der Waals surface area contributed by atoms with Gasteiger partial charge in [0.1, 0.15) is 5.52 Å². The van der Waals surface area contributed by atoms with Crippen LogP contribution in [0.1, 0.15) is 0 Å². The number of nitrogens with one attached hydrogen (secondary N) is 2. The highest BCUT2D eigenvalue weighted by molar-refractivity contribution is 9.10. The van der Waals surface area contributed by atoms with Gasteiger partial charge in [-0.2, -0.15) is 5.10 Å². The molecule has 0 aliphatic heterocycles. The second-order valence-corrected chi connectivity index (χ2v) is 6.85. The molecule has 2 aromatic carbocycles. The van der Waals surface area contributed by atoms with E-state index in [2.05, 4.69) is 36.2 Å². The minimum Gasteiger partial charge on any atom is -0.291 e. The zero-order chi connectivity index (χ0) is 17.7. The van der Waals surface area contributed by atoms with Crippen molar-refractivity contribution in [1.82, 2.24) is 25.0 Å². The third-order valence-corrected chi connectivity index (χ3v) is 4.91. The van der Waals surface area contributed by atoms with Crippen molar-refractivity contribution in [3.63, 3.8) is 0 Å². The summed E-state index contributed by atoms with van der Waals surface area (Å²) in [5.41, 5.74) is 3.89. The average molecular weight is 406 g/mol. The van der Waals surface area contributed by atoms with Crippen molar-refractivity contribution in [2.45, 2.75) is 0 Å². The Morgan fingerprint density at radius 3 is 2.54 bits per heavy atom. The number of hydrogen-bond donors (Lipinski definition) is 2. The summed E-state index contributed by atoms with van der Waals surface area (Å²) < 4.78 is 2.91. The van der Waals surface area contributed by atoms with Crippen LogP contribution < -0.4 is 5.56 Å². The van der Waals surface area contributed by atoms with Crippen LogP contribution in [0.15, 0.2) is 70.1 Å². The molecular formula is C19H12BrN5O. The molecule has 3 heterocycles. The van der Waals surface area contributed by atoms with Crippen LogP contribution in [-0.2, 0) is 0 Å². The van der Waals surface area contributed by atoms with Crippen molar-refractivity contribution >= 4 is 37.9 Å². The molecule has 0 unspecified atom stereocenters. The number of nitrogens with zero attached hydrogens (tertiary/aromatic N) is 3. The van der Waals surface area contributed by atoms with Crippen LogP contribution in [0.4, 0.5) is 0 Å². The number of benzene rings is 2. The number of hydrogen-bond acceptors (Lipinski definition) is 3. The van der Waals surface area contributed by atoms with E-state index in [0.717, 1.165) is 26.8 Å². The molecule has 7 heteroatoms. The predicted octanol–water partition coefficient (Wildman–Crippen LogP) is 4.02. The fourth-order valence-corrected chi connectivity index (χ4v) is 3.42. The Kier molecular flexibility index (Phi) is 3.29. The van der Waals surface area contributed by atoms with Crippen LogP contribution in [-0.4, -0.2) is 25.0 Å². The summed E-state index contributed by atoms with van der Waals surface area (Å²) in [6, 6.07) is 17.9. The molecule has 0 fully saturated rings. The zero-order valence-corrected chi connectivity index (χ0v) is 15.0. The van der Waals surface area contributed by atoms with Crippen molar-refractivity contribution in [2.75, 3.05) is 0 Å². The van der Waals surface area contributed by atoms with Crippen LogP contribution in [0, 0.1) is 0 Å². The predicted molar refractivity (Wildman–Crippen MR) is 104 cm³/mol. The van der Waals surface area contributed by atoms with Gasteiger partial charge in [0.2, 0.25) is 0 Å². The van der Waals surface area contributed by atoms with E-state index in [-0.39, 0.29) is 5.56 Å². The summed E-state index contributed by atoms with van der Waals surface area (Å²) in [6.07, 6.45) is 1.57. The maximum atomic E-state index is 12.0. The minimum absolute atomic E-state index is 0.233. The monoisotopic (exact) mass is 405 g/mol. The van der Waals surface area contributed by atoms with Gasteiger partial charge in [-0.3, -0.25) is 9.89 Å². The molecule has 26 heavy (non-hydrogen) atoms. The lowest BCUT2D eigenvalue weighted by molar-refractivity contribution is 0.901. The molecule has 0 radical (unpaired) electrons. The molecule has 6 nitrogen and oxygen atoms in total. The zero-order valence-electron chi connectivity index (χ0n) is 13.4. The van der Waals surface area contributed by atoms with Gasteiger partial charge in [0.15, 0.2) is 5.65 Å². The lowest BCUT2D eigenvalue weighted by Gasteiger charge is -2.03. The molecule has 3 aromatic heterocycles. The number of rotatable bonds is 2. The van der Waals surface area contributed by atoms with E-state index in [1.165, 1.54) is 0 Å². The molecule has 0 bridgehead atoms. The van der Waals surface area contributed by atoms with E-state index in [1.807, 2.05) is 59.3 Å². The number of aromatic nitrogens is 5. The number of fused-ring (bicyclic) bond motifs is 3. The van der Waals surface area contributed by atoms with Crippen molar-refractivity contribution in [3.05, 3.63) is 75.6 Å². The van der Waals surface area contributed by atoms with Crippen LogP contribution >= 0.6 is 15.9 Å². The number of halogens is 1. The van der Waals surface area contributed by atoms with Crippen LogP contribution in [0.25, 0.3) is 38.9 Å². The second-order valence-electron chi connectivity index (χ2n) is 5.94. The van der Waals surface area contributed by atoms with Crippen molar-refractivity contribution in [1.29, 1.82) is 0 Å². The third kappa shape index (κ3) is 2.21. The summed E-state index contributed by atoms with van der Waals surface area (Å²) in [7, 11) is 0. The lowest BCUT2D eigenvalue weighted by atomic mass is 10.1. The van der Waals surface area contributed by atoms with Gasteiger partial charge in [0.25, 0.3) is 5.56 Å². The van der Waals surface area contributed by atoms with Crippen molar-refractivity contribution in [3.8, 4) is 16.9 Å². The fourth-order valence-electron chi connectivity index (χ4n) is 3.15. The van der Waals surface area contributed by atoms with Crippen LogP contribution in [0.5, 0.6) is 0 Å². The SMILES string of the molecule is O=c1[nH]nc2c1cnc1c2c(-c2ccc(Br)cc2)[nH]n1-c1ccccc1. The molecule has 0 aliphatic rings. The second kappa shape index (κ2) is 5.67. The van der Waals surface area contributed by atoms with Gasteiger partial charge in [-0.15, -0.1) is 0 Å². The van der Waals surface area contributed by atoms with E-state index in [1.54, 1.807) is 6.20 Å². The van der Waals surface area contributed by atoms with Crippen molar-refractivity contribution < 1.29 is 0 Å². The maximum absolute atomic E-state index is 12.0. The Morgan fingerprint density at radius 2 is 1.77 bits per heavy atom. The number of aromatic amines is 2. The molecule has 5 aromatic rings. The molecule has 0 saturated heterocycles. The Bertz CT molecular complexity index is 1300. The largest absolute Gasteiger partial charge is 0.291 e. The summed E-state index contributed by atoms with van der Waals surface area (Å²) >= 11 is 3.47. The van der Waals surface area contributed by atoms with Gasteiger partial charge in [-0.05, 0) is 24.3 Å². The fraction of sp³-hybridized carbons (Fsp3) is 0. The first-order valence-electron chi connectivity index (χ1n) is 8.01. The Labute approximate surface area is 155 Å². The standard InChI is InChI=1S/C19H12BrN5O/c20-12-8-6-11(7-9-12)16-15-17-14(19(26)23-22-17)10-21-18(15)25(24-16)13-4-2-1-3-5-13/h1-10,24H,(H,23,26). The summed E-state index contributed by atoms with van der Waals surface area (Å²) in [5.74, 6) is 0. The Balaban J connectivity index is 1.92. The van der Waals surface area contributed by atoms with Gasteiger partial charge in [-0.25, -0.2) is 14.8 Å². The molecule has 126 valence electrons. The molecule has 0 saturated carbocycles. The van der Waals surface area contributed by atoms with E-state index >= 15 is 0 Å². The summed E-state index contributed by atoms with van der Waals surface area (Å²) in [5, 5.41) is 11.5. The van der Waals surface area contributed by atoms with Crippen LogP contribution in [0.3, 0.4) is 0 Å². The molecule has 0 atom stereocenters.